The molecule has 0 aliphatic carbocycles. The first kappa shape index (κ1) is 12.2. The van der Waals surface area contributed by atoms with Gasteiger partial charge in [-0.25, -0.2) is 9.59 Å². The average Bonchev–Trinajstić information content (AvgIpc) is 2.82. The number of ether oxygens (including phenoxy) is 1. The van der Waals surface area contributed by atoms with Gasteiger partial charge in [0.2, 0.25) is 0 Å². The molecule has 0 spiro atoms. The number of benzene rings is 2. The van der Waals surface area contributed by atoms with Crippen molar-refractivity contribution in [2.45, 2.75) is 0 Å². The van der Waals surface area contributed by atoms with Crippen LogP contribution < -0.4 is 5.69 Å². The summed E-state index contributed by atoms with van der Waals surface area (Å²) in [7, 11) is 1.33. The van der Waals surface area contributed by atoms with Crippen molar-refractivity contribution in [3.63, 3.8) is 0 Å². The molecule has 5 nitrogen and oxygen atoms in total. The van der Waals surface area contributed by atoms with E-state index in [1.54, 1.807) is 28.8 Å². The molecule has 0 aliphatic rings. The number of nitrogens with one attached hydrogen (secondary N) is 1. The third-order valence-electron chi connectivity index (χ3n) is 3.14. The Hall–Kier alpha value is -2.82. The molecule has 0 amide bonds. The van der Waals surface area contributed by atoms with Crippen molar-refractivity contribution in [3.8, 4) is 5.69 Å². The first-order valence-electron chi connectivity index (χ1n) is 6.09. The Morgan fingerprint density at radius 2 is 1.80 bits per heavy atom. The Balaban J connectivity index is 2.14. The number of nitrogens with zero attached hydrogens (tertiary/aromatic N) is 1. The first-order chi connectivity index (χ1) is 9.70. The first-order valence-corrected chi connectivity index (χ1v) is 6.09. The molecule has 0 radical (unpaired) electrons. The van der Waals surface area contributed by atoms with Gasteiger partial charge in [0.25, 0.3) is 0 Å². The molecular formula is C15H12N2O3. The van der Waals surface area contributed by atoms with Crippen LogP contribution in [0.2, 0.25) is 0 Å². The Bertz CT molecular complexity index is 828. The van der Waals surface area contributed by atoms with Crippen LogP contribution in [-0.2, 0) is 4.74 Å². The van der Waals surface area contributed by atoms with Gasteiger partial charge in [-0.3, -0.25) is 4.57 Å². The number of aromatic nitrogens is 2. The highest BCUT2D eigenvalue weighted by atomic mass is 16.5. The zero-order valence-electron chi connectivity index (χ0n) is 10.8. The van der Waals surface area contributed by atoms with Crippen LogP contribution in [0.1, 0.15) is 10.4 Å². The summed E-state index contributed by atoms with van der Waals surface area (Å²) in [5.41, 5.74) is 2.50. The summed E-state index contributed by atoms with van der Waals surface area (Å²) >= 11 is 0. The van der Waals surface area contributed by atoms with Crippen LogP contribution in [0.5, 0.6) is 0 Å². The summed E-state index contributed by atoms with van der Waals surface area (Å²) < 4.78 is 6.21. The van der Waals surface area contributed by atoms with Gasteiger partial charge in [-0.1, -0.05) is 12.1 Å². The van der Waals surface area contributed by atoms with Gasteiger partial charge < -0.3 is 9.72 Å². The molecule has 0 aliphatic heterocycles. The van der Waals surface area contributed by atoms with Gasteiger partial charge in [-0.15, -0.1) is 0 Å². The van der Waals surface area contributed by atoms with Gasteiger partial charge in [0, 0.05) is 0 Å². The van der Waals surface area contributed by atoms with Crippen molar-refractivity contribution in [1.82, 2.24) is 9.55 Å². The van der Waals surface area contributed by atoms with Gasteiger partial charge in [0.05, 0.1) is 29.4 Å². The van der Waals surface area contributed by atoms with E-state index in [-0.39, 0.29) is 5.69 Å². The number of fused-ring (bicyclic) bond motifs is 1. The van der Waals surface area contributed by atoms with Crippen molar-refractivity contribution in [1.29, 1.82) is 0 Å². The standard InChI is InChI=1S/C15H12N2O3/c1-20-14(18)10-6-8-11(9-7-10)17-13-5-3-2-4-12(13)16-15(17)19/h2-9H,1H3,(H,16,19). The van der Waals surface area contributed by atoms with Gasteiger partial charge in [-0.2, -0.15) is 0 Å². The van der Waals surface area contributed by atoms with Crippen LogP contribution in [0.15, 0.2) is 53.3 Å². The maximum Gasteiger partial charge on any atom is 0.337 e. The molecule has 3 rings (SSSR count). The fourth-order valence-electron chi connectivity index (χ4n) is 2.18. The average molecular weight is 268 g/mol. The van der Waals surface area contributed by atoms with Crippen molar-refractivity contribution < 1.29 is 9.53 Å². The van der Waals surface area contributed by atoms with E-state index in [1.807, 2.05) is 24.3 Å². The zero-order chi connectivity index (χ0) is 14.1. The van der Waals surface area contributed by atoms with E-state index in [1.165, 1.54) is 7.11 Å². The predicted octanol–water partition coefficient (Wildman–Crippen LogP) is 2.11. The summed E-state index contributed by atoms with van der Waals surface area (Å²) in [4.78, 5) is 26.2. The van der Waals surface area contributed by atoms with E-state index in [9.17, 15) is 9.59 Å². The highest BCUT2D eigenvalue weighted by Crippen LogP contribution is 2.15. The number of carbonyl (C=O) groups is 1. The molecule has 5 heteroatoms. The Labute approximate surface area is 114 Å². The second kappa shape index (κ2) is 4.70. The smallest absolute Gasteiger partial charge is 0.337 e. The molecule has 0 atom stereocenters. The number of H-pyrrole nitrogens is 1. The molecule has 1 N–H and O–H groups in total. The van der Waals surface area contributed by atoms with E-state index in [0.717, 1.165) is 11.0 Å². The lowest BCUT2D eigenvalue weighted by Crippen LogP contribution is -2.14. The molecule has 0 bridgehead atoms. The minimum absolute atomic E-state index is 0.211. The quantitative estimate of drug-likeness (QED) is 0.724. The van der Waals surface area contributed by atoms with Gasteiger partial charge >= 0.3 is 11.7 Å². The second-order valence-electron chi connectivity index (χ2n) is 4.32. The predicted molar refractivity (Wildman–Crippen MR) is 75.2 cm³/mol. The molecule has 1 aromatic heterocycles. The number of rotatable bonds is 2. The molecule has 0 saturated carbocycles. The van der Waals surface area contributed by atoms with Crippen LogP contribution in [0.4, 0.5) is 0 Å². The molecule has 0 saturated heterocycles. The number of para-hydroxylation sites is 2. The SMILES string of the molecule is COC(=O)c1ccc(-n2c(=O)[nH]c3ccccc32)cc1. The monoisotopic (exact) mass is 268 g/mol. The number of carbonyl (C=O) groups excluding carboxylic acids is 1. The van der Waals surface area contributed by atoms with Crippen molar-refractivity contribution in [3.05, 3.63) is 64.6 Å². The fraction of sp³-hybridized carbons (Fsp3) is 0.0667. The van der Waals surface area contributed by atoms with Crippen LogP contribution in [0.3, 0.4) is 0 Å². The normalized spacial score (nSPS) is 10.7. The number of methoxy groups -OCH3 is 1. The van der Waals surface area contributed by atoms with Gasteiger partial charge in [0.15, 0.2) is 0 Å². The second-order valence-corrected chi connectivity index (χ2v) is 4.32. The van der Waals surface area contributed by atoms with E-state index in [0.29, 0.717) is 11.3 Å². The molecule has 20 heavy (non-hydrogen) atoms. The largest absolute Gasteiger partial charge is 0.465 e. The van der Waals surface area contributed by atoms with Crippen molar-refractivity contribution in [2.75, 3.05) is 7.11 Å². The third kappa shape index (κ3) is 1.89. The molecule has 3 aromatic rings. The van der Waals surface area contributed by atoms with Crippen LogP contribution in [0.25, 0.3) is 16.7 Å². The highest BCUT2D eigenvalue weighted by molar-refractivity contribution is 5.89. The lowest BCUT2D eigenvalue weighted by molar-refractivity contribution is 0.0601. The maximum absolute atomic E-state index is 12.0. The molecule has 0 unspecified atom stereocenters. The summed E-state index contributed by atoms with van der Waals surface area (Å²) in [6, 6.07) is 14.1. The lowest BCUT2D eigenvalue weighted by atomic mass is 10.2. The van der Waals surface area contributed by atoms with Crippen LogP contribution in [0, 0.1) is 0 Å². The van der Waals surface area contributed by atoms with Gasteiger partial charge in [0.1, 0.15) is 0 Å². The molecule has 2 aromatic carbocycles. The van der Waals surface area contributed by atoms with E-state index >= 15 is 0 Å². The summed E-state index contributed by atoms with van der Waals surface area (Å²) in [6.45, 7) is 0. The Morgan fingerprint density at radius 3 is 2.50 bits per heavy atom. The molecule has 100 valence electrons. The fourth-order valence-corrected chi connectivity index (χ4v) is 2.18. The zero-order valence-corrected chi connectivity index (χ0v) is 10.8. The van der Waals surface area contributed by atoms with Gasteiger partial charge in [-0.05, 0) is 36.4 Å². The number of hydrogen-bond donors (Lipinski definition) is 1. The number of aromatic amines is 1. The maximum atomic E-state index is 12.0. The minimum atomic E-state index is -0.400. The van der Waals surface area contributed by atoms with Crippen LogP contribution >= 0.6 is 0 Å². The van der Waals surface area contributed by atoms with Crippen LogP contribution in [-0.4, -0.2) is 22.6 Å². The Kier molecular flexibility index (Phi) is 2.87. The molecular weight excluding hydrogens is 256 g/mol. The minimum Gasteiger partial charge on any atom is -0.465 e. The van der Waals surface area contributed by atoms with Crippen molar-refractivity contribution >= 4 is 17.0 Å². The van der Waals surface area contributed by atoms with E-state index < -0.39 is 5.97 Å². The summed E-state index contributed by atoms with van der Waals surface area (Å²) in [6.07, 6.45) is 0. The Morgan fingerprint density at radius 1 is 1.10 bits per heavy atom. The summed E-state index contributed by atoms with van der Waals surface area (Å²) in [5, 5.41) is 0. The van der Waals surface area contributed by atoms with E-state index in [2.05, 4.69) is 9.72 Å². The summed E-state index contributed by atoms with van der Waals surface area (Å²) in [5.74, 6) is -0.400. The van der Waals surface area contributed by atoms with E-state index in [4.69, 9.17) is 0 Å². The number of hydrogen-bond acceptors (Lipinski definition) is 3. The highest BCUT2D eigenvalue weighted by Gasteiger charge is 2.09. The molecule has 1 heterocycles. The van der Waals surface area contributed by atoms with Crippen molar-refractivity contribution in [2.24, 2.45) is 0 Å². The number of imidazole rings is 1. The third-order valence-corrected chi connectivity index (χ3v) is 3.14. The topological polar surface area (TPSA) is 64.1 Å². The number of esters is 1. The lowest BCUT2D eigenvalue weighted by Gasteiger charge is -2.04. The molecule has 0 fully saturated rings.